The number of aryl methyl sites for hydroxylation is 2. The molecule has 20 heavy (non-hydrogen) atoms. The lowest BCUT2D eigenvalue weighted by molar-refractivity contribution is -0.121. The van der Waals surface area contributed by atoms with Crippen LogP contribution >= 0.6 is 0 Å². The van der Waals surface area contributed by atoms with Crippen LogP contribution in [0.1, 0.15) is 36.5 Å². The summed E-state index contributed by atoms with van der Waals surface area (Å²) < 4.78 is 0. The molecular weight excluding hydrogens is 248 g/mol. The standard InChI is InChI=1S/C17H26N2O/c1-12-4-5-13(2)16(10-12)11-17(20)19-14(3)15-6-8-18-9-7-15/h4-5,10,14-15,18H,6-9,11H2,1-3H3,(H,19,20). The normalized spacial score (nSPS) is 17.8. The monoisotopic (exact) mass is 274 g/mol. The summed E-state index contributed by atoms with van der Waals surface area (Å²) in [6, 6.07) is 6.57. The lowest BCUT2D eigenvalue weighted by Crippen LogP contribution is -2.43. The van der Waals surface area contributed by atoms with Crippen molar-refractivity contribution in [2.45, 2.75) is 46.1 Å². The highest BCUT2D eigenvalue weighted by molar-refractivity contribution is 5.79. The van der Waals surface area contributed by atoms with E-state index in [1.165, 1.54) is 11.1 Å². The maximum absolute atomic E-state index is 12.2. The molecule has 0 aliphatic carbocycles. The van der Waals surface area contributed by atoms with Crippen LogP contribution in [0.3, 0.4) is 0 Å². The second-order valence-corrected chi connectivity index (χ2v) is 6.05. The first-order chi connectivity index (χ1) is 9.56. The van der Waals surface area contributed by atoms with E-state index in [9.17, 15) is 4.79 Å². The van der Waals surface area contributed by atoms with Gasteiger partial charge in [0, 0.05) is 6.04 Å². The van der Waals surface area contributed by atoms with Crippen LogP contribution in [0, 0.1) is 19.8 Å². The van der Waals surface area contributed by atoms with Gasteiger partial charge in [-0.1, -0.05) is 23.8 Å². The van der Waals surface area contributed by atoms with E-state index in [4.69, 9.17) is 0 Å². The number of amides is 1. The van der Waals surface area contributed by atoms with E-state index >= 15 is 0 Å². The van der Waals surface area contributed by atoms with E-state index < -0.39 is 0 Å². The van der Waals surface area contributed by atoms with Crippen molar-refractivity contribution < 1.29 is 4.79 Å². The van der Waals surface area contributed by atoms with Crippen LogP contribution in [-0.2, 0) is 11.2 Å². The van der Waals surface area contributed by atoms with Gasteiger partial charge in [-0.25, -0.2) is 0 Å². The summed E-state index contributed by atoms with van der Waals surface area (Å²) >= 11 is 0. The Balaban J connectivity index is 1.89. The van der Waals surface area contributed by atoms with E-state index in [2.05, 4.69) is 49.6 Å². The topological polar surface area (TPSA) is 41.1 Å². The Hall–Kier alpha value is -1.35. The zero-order valence-corrected chi connectivity index (χ0v) is 12.8. The lowest BCUT2D eigenvalue weighted by Gasteiger charge is -2.28. The first-order valence-electron chi connectivity index (χ1n) is 7.62. The molecule has 0 saturated carbocycles. The average Bonchev–Trinajstić information content (AvgIpc) is 2.43. The van der Waals surface area contributed by atoms with Gasteiger partial charge in [-0.15, -0.1) is 0 Å². The Kier molecular flexibility index (Phi) is 5.18. The van der Waals surface area contributed by atoms with Gasteiger partial charge in [-0.3, -0.25) is 4.79 Å². The van der Waals surface area contributed by atoms with Crippen LogP contribution in [0.15, 0.2) is 18.2 Å². The predicted molar refractivity (Wildman–Crippen MR) is 82.8 cm³/mol. The molecule has 1 aliphatic heterocycles. The smallest absolute Gasteiger partial charge is 0.224 e. The highest BCUT2D eigenvalue weighted by Crippen LogP contribution is 2.16. The number of rotatable bonds is 4. The summed E-state index contributed by atoms with van der Waals surface area (Å²) in [5.41, 5.74) is 3.55. The van der Waals surface area contributed by atoms with Gasteiger partial charge in [0.1, 0.15) is 0 Å². The fourth-order valence-corrected chi connectivity index (χ4v) is 2.93. The van der Waals surface area contributed by atoms with Crippen molar-refractivity contribution in [3.8, 4) is 0 Å². The number of carbonyl (C=O) groups excluding carboxylic acids is 1. The number of hydrogen-bond acceptors (Lipinski definition) is 2. The molecule has 0 bridgehead atoms. The van der Waals surface area contributed by atoms with E-state index in [0.29, 0.717) is 12.3 Å². The molecule has 1 aromatic carbocycles. The quantitative estimate of drug-likeness (QED) is 0.885. The lowest BCUT2D eigenvalue weighted by atomic mass is 9.91. The fourth-order valence-electron chi connectivity index (χ4n) is 2.93. The molecule has 110 valence electrons. The first-order valence-corrected chi connectivity index (χ1v) is 7.62. The summed E-state index contributed by atoms with van der Waals surface area (Å²) in [6.07, 6.45) is 2.80. The fraction of sp³-hybridized carbons (Fsp3) is 0.588. The molecule has 1 aliphatic rings. The number of nitrogens with one attached hydrogen (secondary N) is 2. The minimum atomic E-state index is 0.143. The maximum Gasteiger partial charge on any atom is 0.224 e. The summed E-state index contributed by atoms with van der Waals surface area (Å²) in [7, 11) is 0. The molecule has 2 rings (SSSR count). The van der Waals surface area contributed by atoms with Crippen molar-refractivity contribution in [2.75, 3.05) is 13.1 Å². The highest BCUT2D eigenvalue weighted by atomic mass is 16.1. The van der Waals surface area contributed by atoms with Crippen LogP contribution in [0.4, 0.5) is 0 Å². The predicted octanol–water partition coefficient (Wildman–Crippen LogP) is 2.35. The number of piperidine rings is 1. The third-order valence-electron chi connectivity index (χ3n) is 4.34. The van der Waals surface area contributed by atoms with E-state index in [-0.39, 0.29) is 11.9 Å². The number of carbonyl (C=O) groups is 1. The SMILES string of the molecule is Cc1ccc(C)c(CC(=O)NC(C)C2CCNCC2)c1. The van der Waals surface area contributed by atoms with Gasteiger partial charge in [-0.2, -0.15) is 0 Å². The van der Waals surface area contributed by atoms with Crippen molar-refractivity contribution in [2.24, 2.45) is 5.92 Å². The van der Waals surface area contributed by atoms with Crippen LogP contribution < -0.4 is 10.6 Å². The minimum Gasteiger partial charge on any atom is -0.353 e. The second kappa shape index (κ2) is 6.89. The Labute approximate surface area is 122 Å². The molecule has 1 aromatic rings. The molecule has 1 amide bonds. The van der Waals surface area contributed by atoms with Crippen molar-refractivity contribution in [3.05, 3.63) is 34.9 Å². The van der Waals surface area contributed by atoms with E-state index in [0.717, 1.165) is 31.5 Å². The minimum absolute atomic E-state index is 0.143. The molecule has 1 saturated heterocycles. The number of benzene rings is 1. The van der Waals surface area contributed by atoms with Crippen LogP contribution in [-0.4, -0.2) is 25.0 Å². The van der Waals surface area contributed by atoms with Crippen LogP contribution in [0.5, 0.6) is 0 Å². The zero-order chi connectivity index (χ0) is 14.5. The Morgan fingerprint density at radius 3 is 2.75 bits per heavy atom. The van der Waals surface area contributed by atoms with E-state index in [1.54, 1.807) is 0 Å². The molecule has 1 heterocycles. The Morgan fingerprint density at radius 1 is 1.35 bits per heavy atom. The summed E-state index contributed by atoms with van der Waals surface area (Å²) in [5, 5.41) is 6.54. The van der Waals surface area contributed by atoms with Gasteiger partial charge in [0.25, 0.3) is 0 Å². The molecule has 2 N–H and O–H groups in total. The van der Waals surface area contributed by atoms with Gasteiger partial charge in [0.2, 0.25) is 5.91 Å². The molecule has 3 heteroatoms. The van der Waals surface area contributed by atoms with Gasteiger partial charge in [0.15, 0.2) is 0 Å². The largest absolute Gasteiger partial charge is 0.353 e. The summed E-state index contributed by atoms with van der Waals surface area (Å²) in [5.74, 6) is 0.753. The molecule has 3 nitrogen and oxygen atoms in total. The number of hydrogen-bond donors (Lipinski definition) is 2. The summed E-state index contributed by atoms with van der Waals surface area (Å²) in [4.78, 5) is 12.2. The van der Waals surface area contributed by atoms with E-state index in [1.807, 2.05) is 0 Å². The van der Waals surface area contributed by atoms with Crippen molar-refractivity contribution in [1.82, 2.24) is 10.6 Å². The van der Waals surface area contributed by atoms with Crippen molar-refractivity contribution >= 4 is 5.91 Å². The van der Waals surface area contributed by atoms with Crippen LogP contribution in [0.25, 0.3) is 0 Å². The van der Waals surface area contributed by atoms with Gasteiger partial charge in [0.05, 0.1) is 6.42 Å². The molecule has 0 aromatic heterocycles. The van der Waals surface area contributed by atoms with Gasteiger partial charge < -0.3 is 10.6 Å². The molecular formula is C17H26N2O. The Morgan fingerprint density at radius 2 is 2.05 bits per heavy atom. The molecule has 1 atom stereocenters. The van der Waals surface area contributed by atoms with Crippen molar-refractivity contribution in [3.63, 3.8) is 0 Å². The molecule has 0 spiro atoms. The Bertz CT molecular complexity index is 464. The highest BCUT2D eigenvalue weighted by Gasteiger charge is 2.21. The second-order valence-electron chi connectivity index (χ2n) is 6.05. The van der Waals surface area contributed by atoms with Crippen molar-refractivity contribution in [1.29, 1.82) is 0 Å². The molecule has 1 fully saturated rings. The first kappa shape index (κ1) is 15.0. The molecule has 1 unspecified atom stereocenters. The summed E-state index contributed by atoms with van der Waals surface area (Å²) in [6.45, 7) is 8.41. The van der Waals surface area contributed by atoms with Gasteiger partial charge in [-0.05, 0) is 63.7 Å². The van der Waals surface area contributed by atoms with Gasteiger partial charge >= 0.3 is 0 Å². The molecule has 0 radical (unpaired) electrons. The third-order valence-corrected chi connectivity index (χ3v) is 4.34. The van der Waals surface area contributed by atoms with Crippen LogP contribution in [0.2, 0.25) is 0 Å². The zero-order valence-electron chi connectivity index (χ0n) is 12.8. The maximum atomic E-state index is 12.2. The average molecular weight is 274 g/mol. The third kappa shape index (κ3) is 4.07.